The summed E-state index contributed by atoms with van der Waals surface area (Å²) >= 11 is 0. The van der Waals surface area contributed by atoms with Gasteiger partial charge in [0.05, 0.1) is 5.60 Å². The van der Waals surface area contributed by atoms with Gasteiger partial charge in [0.2, 0.25) is 0 Å². The van der Waals surface area contributed by atoms with Crippen LogP contribution in [0.4, 0.5) is 4.39 Å². The molecule has 1 aromatic carbocycles. The second-order valence-corrected chi connectivity index (χ2v) is 5.99. The van der Waals surface area contributed by atoms with Crippen LogP contribution in [0.2, 0.25) is 0 Å². The van der Waals surface area contributed by atoms with Crippen molar-refractivity contribution >= 4 is 0 Å². The summed E-state index contributed by atoms with van der Waals surface area (Å²) in [7, 11) is 0. The van der Waals surface area contributed by atoms with Crippen LogP contribution in [0.1, 0.15) is 52.1 Å². The minimum absolute atomic E-state index is 0.0781. The molecule has 0 radical (unpaired) electrons. The molecule has 19 heavy (non-hydrogen) atoms. The number of nitrogens with one attached hydrogen (secondary N) is 1. The summed E-state index contributed by atoms with van der Waals surface area (Å²) in [5.74, 6) is 0.234. The SMILES string of the molecule is CCC(NCC(C)(O)CC(C)C)c1cccc(F)c1. The minimum atomic E-state index is -0.727. The molecule has 2 nitrogen and oxygen atoms in total. The van der Waals surface area contributed by atoms with Crippen LogP contribution < -0.4 is 5.32 Å². The van der Waals surface area contributed by atoms with Gasteiger partial charge >= 0.3 is 0 Å². The molecule has 0 aliphatic rings. The lowest BCUT2D eigenvalue weighted by molar-refractivity contribution is 0.0357. The predicted molar refractivity (Wildman–Crippen MR) is 77.5 cm³/mol. The predicted octanol–water partition coefficient (Wildman–Crippen LogP) is 3.66. The van der Waals surface area contributed by atoms with Gasteiger partial charge in [-0.2, -0.15) is 0 Å². The van der Waals surface area contributed by atoms with Crippen LogP contribution in [0.5, 0.6) is 0 Å². The summed E-state index contributed by atoms with van der Waals surface area (Å²) in [4.78, 5) is 0. The average Bonchev–Trinajstić information content (AvgIpc) is 2.28. The number of aliphatic hydroxyl groups is 1. The van der Waals surface area contributed by atoms with Crippen molar-refractivity contribution in [2.75, 3.05) is 6.54 Å². The third-order valence-electron chi connectivity index (χ3n) is 3.24. The Kier molecular flexibility index (Phi) is 5.95. The van der Waals surface area contributed by atoms with Crippen molar-refractivity contribution in [2.45, 2.75) is 52.2 Å². The van der Waals surface area contributed by atoms with Crippen molar-refractivity contribution in [3.05, 3.63) is 35.6 Å². The molecular formula is C16H26FNO. The van der Waals surface area contributed by atoms with Crippen LogP contribution in [0, 0.1) is 11.7 Å². The smallest absolute Gasteiger partial charge is 0.123 e. The molecule has 0 saturated heterocycles. The summed E-state index contributed by atoms with van der Waals surface area (Å²) in [5, 5.41) is 13.6. The van der Waals surface area contributed by atoms with Gasteiger partial charge in [0.1, 0.15) is 5.82 Å². The van der Waals surface area contributed by atoms with Crippen molar-refractivity contribution in [3.8, 4) is 0 Å². The van der Waals surface area contributed by atoms with E-state index < -0.39 is 5.60 Å². The maximum atomic E-state index is 13.2. The Labute approximate surface area is 116 Å². The molecule has 0 amide bonds. The molecule has 0 fully saturated rings. The van der Waals surface area contributed by atoms with E-state index in [9.17, 15) is 9.50 Å². The number of benzene rings is 1. The Balaban J connectivity index is 2.63. The van der Waals surface area contributed by atoms with E-state index in [-0.39, 0.29) is 11.9 Å². The van der Waals surface area contributed by atoms with E-state index in [4.69, 9.17) is 0 Å². The molecule has 1 rings (SSSR count). The van der Waals surface area contributed by atoms with Gasteiger partial charge in [-0.15, -0.1) is 0 Å². The number of hydrogen-bond acceptors (Lipinski definition) is 2. The molecule has 0 aromatic heterocycles. The lowest BCUT2D eigenvalue weighted by Gasteiger charge is -2.28. The molecule has 0 saturated carbocycles. The summed E-state index contributed by atoms with van der Waals surface area (Å²) in [6, 6.07) is 6.72. The monoisotopic (exact) mass is 267 g/mol. The molecule has 2 N–H and O–H groups in total. The highest BCUT2D eigenvalue weighted by Crippen LogP contribution is 2.20. The van der Waals surface area contributed by atoms with E-state index in [1.165, 1.54) is 6.07 Å². The average molecular weight is 267 g/mol. The highest BCUT2D eigenvalue weighted by Gasteiger charge is 2.23. The molecule has 2 unspecified atom stereocenters. The third kappa shape index (κ3) is 5.70. The molecule has 108 valence electrons. The fourth-order valence-corrected chi connectivity index (χ4v) is 2.52. The zero-order valence-electron chi connectivity index (χ0n) is 12.4. The zero-order valence-corrected chi connectivity index (χ0v) is 12.4. The van der Waals surface area contributed by atoms with Gasteiger partial charge in [0.15, 0.2) is 0 Å². The number of hydrogen-bond donors (Lipinski definition) is 2. The summed E-state index contributed by atoms with van der Waals surface area (Å²) in [5.41, 5.74) is 0.206. The van der Waals surface area contributed by atoms with Crippen LogP contribution in [0.15, 0.2) is 24.3 Å². The first-order chi connectivity index (χ1) is 8.84. The Bertz CT molecular complexity index is 390. The normalized spacial score (nSPS) is 16.4. The number of halogens is 1. The molecule has 3 heteroatoms. The largest absolute Gasteiger partial charge is 0.389 e. The zero-order chi connectivity index (χ0) is 14.5. The quantitative estimate of drug-likeness (QED) is 0.790. The second kappa shape index (κ2) is 7.01. The first-order valence-electron chi connectivity index (χ1n) is 7.05. The summed E-state index contributed by atoms with van der Waals surface area (Å²) in [6.07, 6.45) is 1.61. The van der Waals surface area contributed by atoms with Crippen LogP contribution in [0.3, 0.4) is 0 Å². The van der Waals surface area contributed by atoms with Crippen LogP contribution in [-0.2, 0) is 0 Å². The maximum Gasteiger partial charge on any atom is 0.123 e. The van der Waals surface area contributed by atoms with Gasteiger partial charge in [-0.25, -0.2) is 4.39 Å². The Hall–Kier alpha value is -0.930. The van der Waals surface area contributed by atoms with E-state index in [1.807, 2.05) is 13.0 Å². The van der Waals surface area contributed by atoms with Gasteiger partial charge in [-0.1, -0.05) is 32.9 Å². The van der Waals surface area contributed by atoms with Gasteiger partial charge in [-0.3, -0.25) is 0 Å². The van der Waals surface area contributed by atoms with Gasteiger partial charge in [0.25, 0.3) is 0 Å². The maximum absolute atomic E-state index is 13.2. The fourth-order valence-electron chi connectivity index (χ4n) is 2.52. The van der Waals surface area contributed by atoms with Crippen LogP contribution >= 0.6 is 0 Å². The van der Waals surface area contributed by atoms with Crippen molar-refractivity contribution < 1.29 is 9.50 Å². The fraction of sp³-hybridized carbons (Fsp3) is 0.625. The molecule has 2 atom stereocenters. The molecular weight excluding hydrogens is 241 g/mol. The Morgan fingerprint density at radius 2 is 2.05 bits per heavy atom. The van der Waals surface area contributed by atoms with E-state index in [0.717, 1.165) is 18.4 Å². The van der Waals surface area contributed by atoms with Crippen molar-refractivity contribution in [3.63, 3.8) is 0 Å². The van der Waals surface area contributed by atoms with Gasteiger partial charge in [-0.05, 0) is 43.4 Å². The van der Waals surface area contributed by atoms with E-state index >= 15 is 0 Å². The van der Waals surface area contributed by atoms with Crippen molar-refractivity contribution in [1.29, 1.82) is 0 Å². The lowest BCUT2D eigenvalue weighted by Crippen LogP contribution is -2.40. The first-order valence-corrected chi connectivity index (χ1v) is 7.05. The minimum Gasteiger partial charge on any atom is -0.389 e. The summed E-state index contributed by atoms with van der Waals surface area (Å²) in [6.45, 7) is 8.61. The Morgan fingerprint density at radius 1 is 1.37 bits per heavy atom. The second-order valence-electron chi connectivity index (χ2n) is 5.99. The highest BCUT2D eigenvalue weighted by molar-refractivity contribution is 5.20. The topological polar surface area (TPSA) is 32.3 Å². The molecule has 0 heterocycles. The molecule has 0 bridgehead atoms. The van der Waals surface area contributed by atoms with E-state index in [2.05, 4.69) is 26.1 Å². The molecule has 0 spiro atoms. The summed E-state index contributed by atoms with van der Waals surface area (Å²) < 4.78 is 13.2. The van der Waals surface area contributed by atoms with Crippen LogP contribution in [-0.4, -0.2) is 17.3 Å². The molecule has 0 aliphatic carbocycles. The first kappa shape index (κ1) is 16.1. The van der Waals surface area contributed by atoms with Crippen LogP contribution in [0.25, 0.3) is 0 Å². The Morgan fingerprint density at radius 3 is 2.58 bits per heavy atom. The third-order valence-corrected chi connectivity index (χ3v) is 3.24. The highest BCUT2D eigenvalue weighted by atomic mass is 19.1. The molecule has 1 aromatic rings. The van der Waals surface area contributed by atoms with Gasteiger partial charge in [0, 0.05) is 12.6 Å². The van der Waals surface area contributed by atoms with Crippen molar-refractivity contribution in [1.82, 2.24) is 5.32 Å². The van der Waals surface area contributed by atoms with Gasteiger partial charge < -0.3 is 10.4 Å². The van der Waals surface area contributed by atoms with Crippen molar-refractivity contribution in [2.24, 2.45) is 5.92 Å². The molecule has 0 aliphatic heterocycles. The van der Waals surface area contributed by atoms with E-state index in [1.54, 1.807) is 12.1 Å². The van der Waals surface area contributed by atoms with E-state index in [0.29, 0.717) is 12.5 Å². The standard InChI is InChI=1S/C16H26FNO/c1-5-15(13-7-6-8-14(17)9-13)18-11-16(4,19)10-12(2)3/h6-9,12,15,18-19H,5,10-11H2,1-4H3. The lowest BCUT2D eigenvalue weighted by atomic mass is 9.93. The number of rotatable bonds is 7.